The van der Waals surface area contributed by atoms with Crippen LogP contribution < -0.4 is 26.6 Å². The van der Waals surface area contributed by atoms with E-state index < -0.39 is 18.0 Å². The lowest BCUT2D eigenvalue weighted by Crippen LogP contribution is -2.58. The molecule has 0 spiro atoms. The van der Waals surface area contributed by atoms with Crippen molar-refractivity contribution in [3.05, 3.63) is 131 Å². The largest absolute Gasteiger partial charge is 0.354 e. The minimum atomic E-state index is -0.627. The molecule has 2 fully saturated rings. The van der Waals surface area contributed by atoms with Gasteiger partial charge in [-0.2, -0.15) is 0 Å². The van der Waals surface area contributed by atoms with Crippen molar-refractivity contribution in [1.82, 2.24) is 36.4 Å². The summed E-state index contributed by atoms with van der Waals surface area (Å²) in [6.07, 6.45) is 7.05. The predicted octanol–water partition coefficient (Wildman–Crippen LogP) is 5.15. The molecule has 0 radical (unpaired) electrons. The van der Waals surface area contributed by atoms with E-state index in [-0.39, 0.29) is 60.5 Å². The van der Waals surface area contributed by atoms with Crippen LogP contribution >= 0.6 is 0 Å². The Kier molecular flexibility index (Phi) is 17.8. The molecule has 1 saturated heterocycles. The molecule has 0 unspecified atom stereocenters. The lowest BCUT2D eigenvalue weighted by atomic mass is 9.83. The highest BCUT2D eigenvalue weighted by Gasteiger charge is 2.42. The summed E-state index contributed by atoms with van der Waals surface area (Å²) >= 11 is 0. The average Bonchev–Trinajstić information content (AvgIpc) is 3.72. The predicted molar refractivity (Wildman–Crippen MR) is 253 cm³/mol. The summed E-state index contributed by atoms with van der Waals surface area (Å²) < 4.78 is 0. The molecule has 4 atom stereocenters. The van der Waals surface area contributed by atoms with Crippen LogP contribution in [0.4, 0.5) is 0 Å². The maximum absolute atomic E-state index is 14.5. The smallest absolute Gasteiger partial charge is 0.251 e. The molecular formula is C52H65N7O6. The van der Waals surface area contributed by atoms with E-state index in [9.17, 15) is 28.8 Å². The summed E-state index contributed by atoms with van der Waals surface area (Å²) in [6, 6.07) is 32.5. The van der Waals surface area contributed by atoms with E-state index >= 15 is 0 Å². The molecule has 1 heterocycles. The number of hydrogen-bond donors (Lipinski definition) is 5. The molecular weight excluding hydrogens is 819 g/mol. The molecule has 0 bridgehead atoms. The number of hydrogen-bond acceptors (Lipinski definition) is 7. The molecule has 13 nitrogen and oxygen atoms in total. The summed E-state index contributed by atoms with van der Waals surface area (Å²) in [5.41, 5.74) is 4.67. The Balaban J connectivity index is 1.04. The van der Waals surface area contributed by atoms with Gasteiger partial charge in [-0.1, -0.05) is 111 Å². The number of carbonyl (C=O) groups is 6. The van der Waals surface area contributed by atoms with E-state index in [1.54, 1.807) is 43.1 Å². The van der Waals surface area contributed by atoms with E-state index in [1.807, 2.05) is 89.8 Å². The van der Waals surface area contributed by atoms with Crippen molar-refractivity contribution in [1.29, 1.82) is 0 Å². The Bertz CT molecular complexity index is 2200. The Morgan fingerprint density at radius 2 is 1.23 bits per heavy atom. The topological polar surface area (TPSA) is 169 Å². The zero-order valence-corrected chi connectivity index (χ0v) is 38.0. The molecule has 6 amide bonds. The third-order valence-electron chi connectivity index (χ3n) is 13.0. The van der Waals surface area contributed by atoms with Crippen LogP contribution in [0.3, 0.4) is 0 Å². The third-order valence-corrected chi connectivity index (χ3v) is 13.0. The minimum absolute atomic E-state index is 0.0581. The first-order valence-corrected chi connectivity index (χ1v) is 23.2. The molecule has 65 heavy (non-hydrogen) atoms. The molecule has 1 aliphatic heterocycles. The number of rotatable bonds is 20. The van der Waals surface area contributed by atoms with Gasteiger partial charge in [-0.25, -0.2) is 0 Å². The Hall–Kier alpha value is -6.34. The summed E-state index contributed by atoms with van der Waals surface area (Å²) in [6.45, 7) is 5.30. The standard InChI is InChI=1S/C52H65N7O6/c1-36-28-32-59(52(65)48(42-17-11-6-12-18-42)57-49(62)37(2)53-3)45(36)35-58(31-29-39-15-9-5-10-16-39)47(61)34-56-51(64)44-25-21-41(22-26-44)40-19-23-43(24-20-40)50(63)55-33-46(60)54-30-27-38-13-7-4-8-14-38/h4-5,7-10,13-16,19-26,36-37,42,45,48,53H,6,11-12,17-18,27-35H2,1-3H3,(H,54,60)(H,55,63)(H,56,64)(H,57,62)/t36-,37-,45+,48-/m0/s1. The fourth-order valence-corrected chi connectivity index (χ4v) is 8.76. The van der Waals surface area contributed by atoms with Gasteiger partial charge in [0.05, 0.1) is 25.2 Å². The van der Waals surface area contributed by atoms with Gasteiger partial charge < -0.3 is 36.4 Å². The SMILES string of the molecule is CN[C@@H](C)C(=O)N[C@H](C(=O)N1CC[C@H](C)[C@H]1CN(CCc1ccccc1)C(=O)CNC(=O)c1ccc(-c2ccc(C(=O)NCC(=O)NCCc3ccccc3)cc2)cc1)C1CCCCC1. The monoisotopic (exact) mass is 883 g/mol. The highest BCUT2D eigenvalue weighted by Crippen LogP contribution is 2.31. The Morgan fingerprint density at radius 3 is 1.80 bits per heavy atom. The van der Waals surface area contributed by atoms with Crippen molar-refractivity contribution in [2.45, 2.75) is 83.3 Å². The molecule has 6 rings (SSSR count). The fourth-order valence-electron chi connectivity index (χ4n) is 8.76. The van der Waals surface area contributed by atoms with Crippen molar-refractivity contribution < 1.29 is 28.8 Å². The van der Waals surface area contributed by atoms with Crippen LogP contribution in [0, 0.1) is 11.8 Å². The second-order valence-corrected chi connectivity index (χ2v) is 17.4. The van der Waals surface area contributed by atoms with Gasteiger partial charge in [-0.3, -0.25) is 28.8 Å². The average molecular weight is 884 g/mol. The fraction of sp³-hybridized carbons (Fsp3) is 0.423. The molecule has 0 aromatic heterocycles. The number of likely N-dealkylation sites (tertiary alicyclic amines) is 1. The summed E-state index contributed by atoms with van der Waals surface area (Å²) in [7, 11) is 1.73. The number of likely N-dealkylation sites (N-methyl/N-ethyl adjacent to an activating group) is 1. The zero-order chi connectivity index (χ0) is 46.1. The maximum atomic E-state index is 14.5. The van der Waals surface area contributed by atoms with Gasteiger partial charge in [0.1, 0.15) is 6.04 Å². The van der Waals surface area contributed by atoms with Crippen LogP contribution in [0.5, 0.6) is 0 Å². The van der Waals surface area contributed by atoms with Gasteiger partial charge in [0.25, 0.3) is 11.8 Å². The molecule has 5 N–H and O–H groups in total. The molecule has 13 heteroatoms. The first-order valence-electron chi connectivity index (χ1n) is 23.2. The van der Waals surface area contributed by atoms with Gasteiger partial charge in [0, 0.05) is 37.3 Å². The number of carbonyl (C=O) groups excluding carboxylic acids is 6. The molecule has 1 saturated carbocycles. The van der Waals surface area contributed by atoms with Crippen molar-refractivity contribution in [3.8, 4) is 11.1 Å². The molecule has 4 aromatic carbocycles. The Labute approximate surface area is 383 Å². The minimum Gasteiger partial charge on any atom is -0.354 e. The lowest BCUT2D eigenvalue weighted by Gasteiger charge is -2.38. The van der Waals surface area contributed by atoms with Gasteiger partial charge >= 0.3 is 0 Å². The van der Waals surface area contributed by atoms with Crippen LogP contribution in [0.2, 0.25) is 0 Å². The number of nitrogens with zero attached hydrogens (tertiary/aromatic N) is 2. The maximum Gasteiger partial charge on any atom is 0.251 e. The molecule has 4 aromatic rings. The Morgan fingerprint density at radius 1 is 0.677 bits per heavy atom. The van der Waals surface area contributed by atoms with E-state index in [1.165, 1.54) is 0 Å². The van der Waals surface area contributed by atoms with Crippen LogP contribution in [-0.2, 0) is 32.0 Å². The van der Waals surface area contributed by atoms with Crippen LogP contribution in [0.15, 0.2) is 109 Å². The lowest BCUT2D eigenvalue weighted by molar-refractivity contribution is -0.141. The van der Waals surface area contributed by atoms with Crippen LogP contribution in [0.25, 0.3) is 11.1 Å². The highest BCUT2D eigenvalue weighted by molar-refractivity contribution is 5.98. The summed E-state index contributed by atoms with van der Waals surface area (Å²) in [4.78, 5) is 83.9. The molecule has 344 valence electrons. The summed E-state index contributed by atoms with van der Waals surface area (Å²) in [5, 5.41) is 14.4. The molecule has 2 aliphatic rings. The van der Waals surface area contributed by atoms with E-state index in [0.29, 0.717) is 50.1 Å². The van der Waals surface area contributed by atoms with Crippen molar-refractivity contribution in [2.75, 3.05) is 46.3 Å². The van der Waals surface area contributed by atoms with Gasteiger partial charge in [0.2, 0.25) is 23.6 Å². The van der Waals surface area contributed by atoms with Crippen LogP contribution in [0.1, 0.15) is 84.2 Å². The van der Waals surface area contributed by atoms with E-state index in [2.05, 4.69) is 33.5 Å². The second-order valence-electron chi connectivity index (χ2n) is 17.4. The normalized spacial score (nSPS) is 17.1. The van der Waals surface area contributed by atoms with Crippen molar-refractivity contribution >= 4 is 35.4 Å². The van der Waals surface area contributed by atoms with Gasteiger partial charge in [-0.05, 0) is 104 Å². The third kappa shape index (κ3) is 13.8. The number of nitrogens with one attached hydrogen (secondary N) is 5. The number of benzene rings is 4. The van der Waals surface area contributed by atoms with E-state index in [0.717, 1.165) is 60.8 Å². The second kappa shape index (κ2) is 24.1. The first kappa shape index (κ1) is 48.1. The van der Waals surface area contributed by atoms with E-state index in [4.69, 9.17) is 0 Å². The quantitative estimate of drug-likeness (QED) is 0.0818. The van der Waals surface area contributed by atoms with Crippen molar-refractivity contribution in [2.24, 2.45) is 11.8 Å². The molecule has 1 aliphatic carbocycles. The number of amides is 6. The zero-order valence-electron chi connectivity index (χ0n) is 38.0. The summed E-state index contributed by atoms with van der Waals surface area (Å²) in [5.74, 6) is -1.36. The van der Waals surface area contributed by atoms with Gasteiger partial charge in [0.15, 0.2) is 0 Å². The van der Waals surface area contributed by atoms with Gasteiger partial charge in [-0.15, -0.1) is 0 Å². The van der Waals surface area contributed by atoms with Crippen molar-refractivity contribution in [3.63, 3.8) is 0 Å². The first-order chi connectivity index (χ1) is 31.5. The van der Waals surface area contributed by atoms with Crippen LogP contribution in [-0.4, -0.2) is 110 Å². The highest BCUT2D eigenvalue weighted by atomic mass is 16.2.